The fraction of sp³-hybridized carbons (Fsp3) is 0.214. The first kappa shape index (κ1) is 17.4. The van der Waals surface area contributed by atoms with Gasteiger partial charge in [0, 0.05) is 0 Å². The quantitative estimate of drug-likeness (QED) is 0.595. The van der Waals surface area contributed by atoms with Crippen LogP contribution >= 0.6 is 27.7 Å². The molecule has 0 saturated heterocycles. The molecule has 1 aromatic rings. The average molecular weight is 401 g/mol. The van der Waals surface area contributed by atoms with E-state index >= 15 is 0 Å². The molecule has 0 aliphatic carbocycles. The number of aliphatic imine (C=N–C) groups is 1. The van der Waals surface area contributed by atoms with E-state index < -0.39 is 5.97 Å². The van der Waals surface area contributed by atoms with E-state index in [-0.39, 0.29) is 17.7 Å². The number of nitrogens with two attached hydrogens (primary N) is 1. The van der Waals surface area contributed by atoms with Gasteiger partial charge in [0.05, 0.1) is 23.6 Å². The van der Waals surface area contributed by atoms with Crippen molar-refractivity contribution in [3.8, 4) is 11.5 Å². The van der Waals surface area contributed by atoms with Crippen LogP contribution in [0.1, 0.15) is 5.56 Å². The minimum atomic E-state index is -0.509. The van der Waals surface area contributed by atoms with Gasteiger partial charge in [-0.05, 0) is 51.5 Å². The van der Waals surface area contributed by atoms with Crippen LogP contribution in [0.3, 0.4) is 0 Å². The van der Waals surface area contributed by atoms with Crippen LogP contribution in [0.5, 0.6) is 11.5 Å². The number of carbonyl (C=O) groups is 2. The fourth-order valence-electron chi connectivity index (χ4n) is 1.73. The zero-order chi connectivity index (χ0) is 17.0. The minimum Gasteiger partial charge on any atom is -0.493 e. The lowest BCUT2D eigenvalue weighted by Gasteiger charge is -2.13. The molecule has 2 rings (SSSR count). The number of methoxy groups -OCH3 is 2. The molecule has 1 aliphatic rings. The van der Waals surface area contributed by atoms with Crippen molar-refractivity contribution in [1.29, 1.82) is 0 Å². The number of ether oxygens (including phenoxy) is 3. The second-order valence-electron chi connectivity index (χ2n) is 4.26. The third-order valence-electron chi connectivity index (χ3n) is 2.75. The Morgan fingerprint density at radius 1 is 1.43 bits per heavy atom. The number of hydrogen-bond donors (Lipinski definition) is 1. The van der Waals surface area contributed by atoms with E-state index in [4.69, 9.17) is 15.2 Å². The Morgan fingerprint density at radius 3 is 2.74 bits per heavy atom. The molecule has 7 nitrogen and oxygen atoms in total. The Kier molecular flexibility index (Phi) is 5.67. The third kappa shape index (κ3) is 4.26. The molecule has 0 unspecified atom stereocenters. The van der Waals surface area contributed by atoms with Gasteiger partial charge < -0.3 is 19.9 Å². The van der Waals surface area contributed by atoms with Crippen LogP contribution in [-0.2, 0) is 14.3 Å². The summed E-state index contributed by atoms with van der Waals surface area (Å²) < 4.78 is 15.7. The topological polar surface area (TPSA) is 100 Å². The van der Waals surface area contributed by atoms with Gasteiger partial charge in [0.25, 0.3) is 5.91 Å². The summed E-state index contributed by atoms with van der Waals surface area (Å²) in [6, 6.07) is 3.40. The van der Waals surface area contributed by atoms with Crippen LogP contribution in [0.4, 0.5) is 0 Å². The number of esters is 1. The van der Waals surface area contributed by atoms with Crippen molar-refractivity contribution < 1.29 is 23.8 Å². The Hall–Kier alpha value is -2.00. The maximum Gasteiger partial charge on any atom is 0.343 e. The van der Waals surface area contributed by atoms with Crippen molar-refractivity contribution in [3.63, 3.8) is 0 Å². The molecular weight excluding hydrogens is 388 g/mol. The lowest BCUT2D eigenvalue weighted by atomic mass is 10.2. The normalized spacial score (nSPS) is 15.5. The van der Waals surface area contributed by atoms with Gasteiger partial charge in [-0.2, -0.15) is 4.99 Å². The van der Waals surface area contributed by atoms with E-state index in [1.165, 1.54) is 14.2 Å². The predicted octanol–water partition coefficient (Wildman–Crippen LogP) is 1.94. The van der Waals surface area contributed by atoms with E-state index in [2.05, 4.69) is 25.7 Å². The maximum atomic E-state index is 11.6. The highest BCUT2D eigenvalue weighted by atomic mass is 79.9. The summed E-state index contributed by atoms with van der Waals surface area (Å²) >= 11 is 4.46. The molecule has 0 fully saturated rings. The van der Waals surface area contributed by atoms with Gasteiger partial charge >= 0.3 is 5.97 Å². The molecule has 0 bridgehead atoms. The van der Waals surface area contributed by atoms with E-state index in [0.29, 0.717) is 26.4 Å². The number of thioether (sulfide) groups is 1. The highest BCUT2D eigenvalue weighted by Gasteiger charge is 2.20. The molecule has 0 radical (unpaired) electrons. The van der Waals surface area contributed by atoms with Crippen LogP contribution in [0, 0.1) is 0 Å². The predicted molar refractivity (Wildman–Crippen MR) is 90.4 cm³/mol. The number of benzene rings is 1. The standard InChI is InChI=1S/C14H13BrN2O5S/c1-20-9-4-7(5-10-13(19)17-14(16)23-10)3-8(15)12(9)22-6-11(18)21-2/h3-5H,6H2,1-2H3,(H2,16,17,19). The molecule has 1 aliphatic heterocycles. The van der Waals surface area contributed by atoms with Crippen molar-refractivity contribution in [1.82, 2.24) is 0 Å². The summed E-state index contributed by atoms with van der Waals surface area (Å²) in [5, 5.41) is 0.213. The van der Waals surface area contributed by atoms with Crippen molar-refractivity contribution >= 4 is 50.8 Å². The molecule has 9 heteroatoms. The number of amidine groups is 1. The van der Waals surface area contributed by atoms with Crippen molar-refractivity contribution in [2.45, 2.75) is 0 Å². The summed E-state index contributed by atoms with van der Waals surface area (Å²) in [5.74, 6) is -0.125. The second-order valence-corrected chi connectivity index (χ2v) is 6.18. The number of carbonyl (C=O) groups excluding carboxylic acids is 2. The first-order valence-corrected chi connectivity index (χ1v) is 7.90. The molecule has 1 aromatic carbocycles. The molecular formula is C14H13BrN2O5S. The van der Waals surface area contributed by atoms with Crippen LogP contribution in [0.25, 0.3) is 6.08 Å². The summed E-state index contributed by atoms with van der Waals surface area (Å²) in [5.41, 5.74) is 6.21. The van der Waals surface area contributed by atoms with Gasteiger partial charge in [0.1, 0.15) is 0 Å². The maximum absolute atomic E-state index is 11.6. The van der Waals surface area contributed by atoms with Gasteiger partial charge in [0.15, 0.2) is 23.3 Å². The minimum absolute atomic E-state index is 0.213. The number of halogens is 1. The lowest BCUT2D eigenvalue weighted by Crippen LogP contribution is -2.13. The van der Waals surface area contributed by atoms with E-state index in [1.54, 1.807) is 18.2 Å². The summed E-state index contributed by atoms with van der Waals surface area (Å²) in [7, 11) is 2.75. The van der Waals surface area contributed by atoms with Gasteiger partial charge in [-0.1, -0.05) is 0 Å². The Morgan fingerprint density at radius 2 is 2.17 bits per heavy atom. The zero-order valence-electron chi connectivity index (χ0n) is 12.3. The van der Waals surface area contributed by atoms with Crippen LogP contribution < -0.4 is 15.2 Å². The monoisotopic (exact) mass is 400 g/mol. The Balaban J connectivity index is 2.28. The average Bonchev–Trinajstić information content (AvgIpc) is 2.82. The molecule has 23 heavy (non-hydrogen) atoms. The van der Waals surface area contributed by atoms with E-state index in [1.807, 2.05) is 0 Å². The second kappa shape index (κ2) is 7.51. The molecule has 0 spiro atoms. The van der Waals surface area contributed by atoms with Gasteiger partial charge in [-0.15, -0.1) is 0 Å². The molecule has 122 valence electrons. The number of nitrogens with zero attached hydrogens (tertiary/aromatic N) is 1. The summed E-state index contributed by atoms with van der Waals surface area (Å²) in [4.78, 5) is 26.9. The van der Waals surface area contributed by atoms with Crippen LogP contribution in [-0.4, -0.2) is 37.9 Å². The smallest absolute Gasteiger partial charge is 0.343 e. The fourth-order valence-corrected chi connectivity index (χ4v) is 2.99. The SMILES string of the molecule is COC(=O)COc1c(Br)cc(C=C2SC(N)=NC2=O)cc1OC. The zero-order valence-corrected chi connectivity index (χ0v) is 14.7. The Labute approximate surface area is 145 Å². The largest absolute Gasteiger partial charge is 0.493 e. The molecule has 2 N–H and O–H groups in total. The molecule has 0 saturated carbocycles. The summed E-state index contributed by atoms with van der Waals surface area (Å²) in [6.07, 6.45) is 1.65. The van der Waals surface area contributed by atoms with E-state index in [0.717, 1.165) is 11.8 Å². The molecule has 1 amide bonds. The van der Waals surface area contributed by atoms with Crippen molar-refractivity contribution in [2.24, 2.45) is 10.7 Å². The molecule has 0 aromatic heterocycles. The van der Waals surface area contributed by atoms with Gasteiger partial charge in [-0.3, -0.25) is 4.79 Å². The number of hydrogen-bond acceptors (Lipinski definition) is 7. The van der Waals surface area contributed by atoms with E-state index in [9.17, 15) is 9.59 Å². The lowest BCUT2D eigenvalue weighted by molar-refractivity contribution is -0.142. The van der Waals surface area contributed by atoms with Crippen LogP contribution in [0.2, 0.25) is 0 Å². The first-order chi connectivity index (χ1) is 10.9. The van der Waals surface area contributed by atoms with Crippen molar-refractivity contribution in [3.05, 3.63) is 27.1 Å². The third-order valence-corrected chi connectivity index (χ3v) is 4.15. The van der Waals surface area contributed by atoms with Gasteiger partial charge in [0.2, 0.25) is 0 Å². The summed E-state index contributed by atoms with van der Waals surface area (Å²) in [6.45, 7) is -0.245. The van der Waals surface area contributed by atoms with Crippen molar-refractivity contribution in [2.75, 3.05) is 20.8 Å². The van der Waals surface area contributed by atoms with Crippen LogP contribution in [0.15, 0.2) is 26.5 Å². The number of rotatable bonds is 5. The molecule has 0 atom stereocenters. The highest BCUT2D eigenvalue weighted by molar-refractivity contribution is 9.10. The first-order valence-electron chi connectivity index (χ1n) is 6.29. The molecule has 1 heterocycles. The Bertz CT molecular complexity index is 717. The van der Waals surface area contributed by atoms with Gasteiger partial charge in [-0.25, -0.2) is 4.79 Å². The number of amides is 1. The highest BCUT2D eigenvalue weighted by Crippen LogP contribution is 2.38.